The first-order valence-electron chi connectivity index (χ1n) is 8.07. The Morgan fingerprint density at radius 3 is 2.85 bits per heavy atom. The quantitative estimate of drug-likeness (QED) is 0.823. The number of hydrogen-bond acceptors (Lipinski definition) is 3. The molecule has 0 bridgehead atoms. The molecule has 0 saturated heterocycles. The van der Waals surface area contributed by atoms with E-state index in [9.17, 15) is 0 Å². The van der Waals surface area contributed by atoms with Gasteiger partial charge in [0.1, 0.15) is 5.75 Å². The molecule has 3 nitrogen and oxygen atoms in total. The highest BCUT2D eigenvalue weighted by Gasteiger charge is 2.33. The van der Waals surface area contributed by atoms with Crippen molar-refractivity contribution in [2.24, 2.45) is 5.92 Å². The molecule has 3 unspecified atom stereocenters. The van der Waals surface area contributed by atoms with E-state index in [1.807, 2.05) is 12.4 Å². The number of nitrogens with one attached hydrogen (secondary N) is 1. The average Bonchev–Trinajstić information content (AvgIpc) is 2.84. The summed E-state index contributed by atoms with van der Waals surface area (Å²) in [5.74, 6) is 2.20. The first-order chi connectivity index (χ1) is 9.76. The average molecular weight is 276 g/mol. The van der Waals surface area contributed by atoms with Crippen molar-refractivity contribution < 1.29 is 4.74 Å². The minimum absolute atomic E-state index is 0.613. The van der Waals surface area contributed by atoms with Gasteiger partial charge in [-0.3, -0.25) is 4.98 Å². The van der Waals surface area contributed by atoms with Gasteiger partial charge in [0.25, 0.3) is 0 Å². The number of hydrogen-bond donors (Lipinski definition) is 1. The highest BCUT2D eigenvalue weighted by molar-refractivity contribution is 5.28. The van der Waals surface area contributed by atoms with Crippen LogP contribution in [0, 0.1) is 5.92 Å². The monoisotopic (exact) mass is 276 g/mol. The van der Waals surface area contributed by atoms with Gasteiger partial charge in [0.2, 0.25) is 0 Å². The lowest BCUT2D eigenvalue weighted by Gasteiger charge is -2.22. The summed E-state index contributed by atoms with van der Waals surface area (Å²) >= 11 is 0. The molecule has 1 fully saturated rings. The lowest BCUT2D eigenvalue weighted by atomic mass is 9.90. The standard InChI is InChI=1S/C17H28N2O/c1-4-8-19-17-7-6-16(13(17)3)14-10-15(12-18-11-14)20-9-5-2/h10-13,16-17,19H,4-9H2,1-3H3. The van der Waals surface area contributed by atoms with Crippen LogP contribution < -0.4 is 10.1 Å². The van der Waals surface area contributed by atoms with E-state index in [-0.39, 0.29) is 0 Å². The van der Waals surface area contributed by atoms with Crippen LogP contribution >= 0.6 is 0 Å². The molecule has 1 N–H and O–H groups in total. The van der Waals surface area contributed by atoms with Crippen molar-refractivity contribution in [3.63, 3.8) is 0 Å². The summed E-state index contributed by atoms with van der Waals surface area (Å²) in [6, 6.07) is 2.84. The Bertz CT molecular complexity index is 408. The van der Waals surface area contributed by atoms with Gasteiger partial charge in [-0.15, -0.1) is 0 Å². The van der Waals surface area contributed by atoms with Crippen molar-refractivity contribution in [1.82, 2.24) is 10.3 Å². The Labute approximate surface area is 123 Å². The number of ether oxygens (including phenoxy) is 1. The summed E-state index contributed by atoms with van der Waals surface area (Å²) in [6.07, 6.45) is 8.60. The molecule has 2 rings (SSSR count). The van der Waals surface area contributed by atoms with E-state index in [0.717, 1.165) is 25.3 Å². The van der Waals surface area contributed by atoms with Crippen LogP contribution in [0.15, 0.2) is 18.5 Å². The third kappa shape index (κ3) is 3.72. The highest BCUT2D eigenvalue weighted by Crippen LogP contribution is 2.40. The van der Waals surface area contributed by atoms with Crippen molar-refractivity contribution in [3.8, 4) is 5.75 Å². The SMILES string of the molecule is CCCNC1CCC(c2cncc(OCCC)c2)C1C. The molecule has 1 aromatic heterocycles. The maximum atomic E-state index is 5.70. The largest absolute Gasteiger partial charge is 0.492 e. The number of aromatic nitrogens is 1. The second-order valence-corrected chi connectivity index (χ2v) is 5.91. The minimum Gasteiger partial charge on any atom is -0.492 e. The summed E-state index contributed by atoms with van der Waals surface area (Å²) in [5.41, 5.74) is 1.34. The Morgan fingerprint density at radius 1 is 1.25 bits per heavy atom. The molecule has 20 heavy (non-hydrogen) atoms. The predicted octanol–water partition coefficient (Wildman–Crippen LogP) is 3.75. The van der Waals surface area contributed by atoms with Crippen LogP contribution in [0.25, 0.3) is 0 Å². The number of pyridine rings is 1. The smallest absolute Gasteiger partial charge is 0.137 e. The van der Waals surface area contributed by atoms with Gasteiger partial charge >= 0.3 is 0 Å². The molecule has 3 heteroatoms. The van der Waals surface area contributed by atoms with Crippen LogP contribution in [0.2, 0.25) is 0 Å². The maximum Gasteiger partial charge on any atom is 0.137 e. The topological polar surface area (TPSA) is 34.2 Å². The molecular formula is C17H28N2O. The second-order valence-electron chi connectivity index (χ2n) is 5.91. The van der Waals surface area contributed by atoms with E-state index in [0.29, 0.717) is 17.9 Å². The Kier molecular flexibility index (Phi) is 5.84. The van der Waals surface area contributed by atoms with E-state index in [1.54, 1.807) is 0 Å². The van der Waals surface area contributed by atoms with Crippen molar-refractivity contribution in [3.05, 3.63) is 24.0 Å². The zero-order valence-corrected chi connectivity index (χ0v) is 13.1. The Balaban J connectivity index is 2.00. The van der Waals surface area contributed by atoms with Crippen molar-refractivity contribution in [2.75, 3.05) is 13.2 Å². The molecule has 0 aliphatic heterocycles. The Hall–Kier alpha value is -1.09. The molecule has 1 saturated carbocycles. The molecule has 0 radical (unpaired) electrons. The first-order valence-corrected chi connectivity index (χ1v) is 8.07. The van der Waals surface area contributed by atoms with Gasteiger partial charge in [0.15, 0.2) is 0 Å². The van der Waals surface area contributed by atoms with E-state index < -0.39 is 0 Å². The molecule has 0 amide bonds. The molecule has 3 atom stereocenters. The highest BCUT2D eigenvalue weighted by atomic mass is 16.5. The predicted molar refractivity (Wildman–Crippen MR) is 83.2 cm³/mol. The third-order valence-electron chi connectivity index (χ3n) is 4.35. The number of rotatable bonds is 7. The van der Waals surface area contributed by atoms with Crippen LogP contribution in [0.4, 0.5) is 0 Å². The molecule has 1 aromatic rings. The molecular weight excluding hydrogens is 248 g/mol. The molecule has 112 valence electrons. The van der Waals surface area contributed by atoms with E-state index in [4.69, 9.17) is 4.74 Å². The summed E-state index contributed by atoms with van der Waals surface area (Å²) < 4.78 is 5.70. The summed E-state index contributed by atoms with van der Waals surface area (Å²) in [7, 11) is 0. The summed E-state index contributed by atoms with van der Waals surface area (Å²) in [4.78, 5) is 4.36. The van der Waals surface area contributed by atoms with Gasteiger partial charge in [-0.2, -0.15) is 0 Å². The van der Waals surface area contributed by atoms with E-state index in [1.165, 1.54) is 24.8 Å². The molecule has 1 heterocycles. The molecule has 1 aliphatic rings. The maximum absolute atomic E-state index is 5.70. The van der Waals surface area contributed by atoms with Crippen LogP contribution in [0.5, 0.6) is 5.75 Å². The zero-order chi connectivity index (χ0) is 14.4. The van der Waals surface area contributed by atoms with Crippen molar-refractivity contribution in [1.29, 1.82) is 0 Å². The zero-order valence-electron chi connectivity index (χ0n) is 13.1. The molecule has 0 spiro atoms. The van der Waals surface area contributed by atoms with Crippen LogP contribution in [0.1, 0.15) is 57.9 Å². The summed E-state index contributed by atoms with van der Waals surface area (Å²) in [5, 5.41) is 3.68. The van der Waals surface area contributed by atoms with Gasteiger partial charge in [0.05, 0.1) is 12.8 Å². The van der Waals surface area contributed by atoms with Crippen LogP contribution in [-0.2, 0) is 0 Å². The van der Waals surface area contributed by atoms with Crippen LogP contribution in [-0.4, -0.2) is 24.2 Å². The lowest BCUT2D eigenvalue weighted by Crippen LogP contribution is -2.32. The molecule has 1 aliphatic carbocycles. The Morgan fingerprint density at radius 2 is 2.10 bits per heavy atom. The third-order valence-corrected chi connectivity index (χ3v) is 4.35. The molecule has 0 aromatic carbocycles. The fourth-order valence-corrected chi connectivity index (χ4v) is 3.19. The van der Waals surface area contributed by atoms with Crippen LogP contribution in [0.3, 0.4) is 0 Å². The minimum atomic E-state index is 0.613. The number of nitrogens with zero attached hydrogens (tertiary/aromatic N) is 1. The second kappa shape index (κ2) is 7.63. The fourth-order valence-electron chi connectivity index (χ4n) is 3.19. The summed E-state index contributed by atoms with van der Waals surface area (Å²) in [6.45, 7) is 8.61. The van der Waals surface area contributed by atoms with Gasteiger partial charge in [-0.25, -0.2) is 0 Å². The van der Waals surface area contributed by atoms with E-state index >= 15 is 0 Å². The fraction of sp³-hybridized carbons (Fsp3) is 0.706. The van der Waals surface area contributed by atoms with Gasteiger partial charge < -0.3 is 10.1 Å². The lowest BCUT2D eigenvalue weighted by molar-refractivity contribution is 0.315. The van der Waals surface area contributed by atoms with Crippen molar-refractivity contribution in [2.45, 2.75) is 58.4 Å². The normalized spacial score (nSPS) is 25.9. The first kappa shape index (κ1) is 15.3. The van der Waals surface area contributed by atoms with Gasteiger partial charge in [-0.1, -0.05) is 20.8 Å². The van der Waals surface area contributed by atoms with Crippen molar-refractivity contribution >= 4 is 0 Å². The van der Waals surface area contributed by atoms with E-state index in [2.05, 4.69) is 37.1 Å². The van der Waals surface area contributed by atoms with Gasteiger partial charge in [-0.05, 0) is 55.7 Å². The van der Waals surface area contributed by atoms with Gasteiger partial charge in [0, 0.05) is 12.2 Å².